The molecular formula is C25H20N2O2. The van der Waals surface area contributed by atoms with Crippen molar-refractivity contribution in [1.82, 2.24) is 5.32 Å². The maximum absolute atomic E-state index is 12.7. The number of benzene rings is 4. The van der Waals surface area contributed by atoms with Crippen LogP contribution >= 0.6 is 0 Å². The molecule has 1 unspecified atom stereocenters. The van der Waals surface area contributed by atoms with Gasteiger partial charge in [0, 0.05) is 11.3 Å². The number of fused-ring (bicyclic) bond motifs is 2. The van der Waals surface area contributed by atoms with E-state index in [1.807, 2.05) is 72.8 Å². The molecule has 4 nitrogen and oxygen atoms in total. The van der Waals surface area contributed by atoms with Crippen LogP contribution in [-0.2, 0) is 6.61 Å². The smallest absolute Gasteiger partial charge is 0.255 e. The molecule has 4 aromatic carbocycles. The molecule has 1 amide bonds. The van der Waals surface area contributed by atoms with Crippen LogP contribution in [0, 0.1) is 0 Å². The summed E-state index contributed by atoms with van der Waals surface area (Å²) in [6.07, 6.45) is -0.380. The normalized spacial score (nSPS) is 15.3. The minimum Gasteiger partial charge on any atom is -0.488 e. The lowest BCUT2D eigenvalue weighted by Crippen LogP contribution is -2.38. The van der Waals surface area contributed by atoms with Gasteiger partial charge in [0.05, 0.1) is 5.56 Å². The highest BCUT2D eigenvalue weighted by molar-refractivity contribution is 6.02. The molecule has 0 aliphatic carbocycles. The Morgan fingerprint density at radius 3 is 2.41 bits per heavy atom. The van der Waals surface area contributed by atoms with E-state index in [0.717, 1.165) is 33.3 Å². The zero-order chi connectivity index (χ0) is 19.6. The van der Waals surface area contributed by atoms with Gasteiger partial charge in [0.1, 0.15) is 18.5 Å². The number of carbonyl (C=O) groups excluding carboxylic acids is 1. The Kier molecular flexibility index (Phi) is 4.37. The van der Waals surface area contributed by atoms with Crippen LogP contribution in [0.25, 0.3) is 10.8 Å². The van der Waals surface area contributed by atoms with Crippen LogP contribution in [0.2, 0.25) is 0 Å². The van der Waals surface area contributed by atoms with Crippen LogP contribution in [0.4, 0.5) is 5.69 Å². The van der Waals surface area contributed by atoms with Gasteiger partial charge in [-0.3, -0.25) is 4.79 Å². The molecule has 1 aliphatic rings. The molecular weight excluding hydrogens is 360 g/mol. The summed E-state index contributed by atoms with van der Waals surface area (Å²) >= 11 is 0. The molecule has 0 bridgehead atoms. The Hall–Kier alpha value is -3.79. The fourth-order valence-corrected chi connectivity index (χ4v) is 3.79. The van der Waals surface area contributed by atoms with Gasteiger partial charge < -0.3 is 15.4 Å². The molecule has 0 radical (unpaired) electrons. The first kappa shape index (κ1) is 17.3. The predicted octanol–water partition coefficient (Wildman–Crippen LogP) is 5.27. The van der Waals surface area contributed by atoms with Crippen molar-refractivity contribution in [2.45, 2.75) is 12.8 Å². The van der Waals surface area contributed by atoms with Crippen molar-refractivity contribution in [3.05, 3.63) is 108 Å². The molecule has 0 aromatic heterocycles. The minimum absolute atomic E-state index is 0.0914. The molecule has 142 valence electrons. The maximum atomic E-state index is 12.7. The highest BCUT2D eigenvalue weighted by Gasteiger charge is 2.27. The summed E-state index contributed by atoms with van der Waals surface area (Å²) in [5.41, 5.74) is 3.50. The molecule has 0 fully saturated rings. The molecule has 0 saturated carbocycles. The molecule has 1 heterocycles. The van der Waals surface area contributed by atoms with Crippen LogP contribution in [0.15, 0.2) is 91.0 Å². The van der Waals surface area contributed by atoms with Gasteiger partial charge in [-0.25, -0.2) is 0 Å². The van der Waals surface area contributed by atoms with Crippen LogP contribution < -0.4 is 15.4 Å². The van der Waals surface area contributed by atoms with Crippen LogP contribution in [0.5, 0.6) is 5.75 Å². The van der Waals surface area contributed by atoms with E-state index in [9.17, 15) is 4.79 Å². The molecule has 4 heteroatoms. The number of nitrogens with one attached hydrogen (secondary N) is 2. The second kappa shape index (κ2) is 7.32. The first-order valence-corrected chi connectivity index (χ1v) is 9.64. The Labute approximate surface area is 169 Å². The molecule has 5 rings (SSSR count). The van der Waals surface area contributed by atoms with Gasteiger partial charge in [-0.1, -0.05) is 72.8 Å². The van der Waals surface area contributed by atoms with Crippen LogP contribution in [-0.4, -0.2) is 5.91 Å². The second-order valence-electron chi connectivity index (χ2n) is 7.07. The van der Waals surface area contributed by atoms with Gasteiger partial charge in [-0.15, -0.1) is 0 Å². The molecule has 0 saturated heterocycles. The first-order valence-electron chi connectivity index (χ1n) is 9.64. The van der Waals surface area contributed by atoms with E-state index < -0.39 is 0 Å². The van der Waals surface area contributed by atoms with E-state index in [2.05, 4.69) is 28.8 Å². The minimum atomic E-state index is -0.380. The van der Waals surface area contributed by atoms with Gasteiger partial charge in [0.2, 0.25) is 0 Å². The highest BCUT2D eigenvalue weighted by Crippen LogP contribution is 2.36. The highest BCUT2D eigenvalue weighted by atomic mass is 16.5. The lowest BCUT2D eigenvalue weighted by atomic mass is 9.98. The van der Waals surface area contributed by atoms with Crippen molar-refractivity contribution < 1.29 is 9.53 Å². The Bertz CT molecular complexity index is 1190. The summed E-state index contributed by atoms with van der Waals surface area (Å²) in [4.78, 5) is 12.7. The van der Waals surface area contributed by atoms with Crippen molar-refractivity contribution in [3.8, 4) is 5.75 Å². The zero-order valence-corrected chi connectivity index (χ0v) is 15.8. The number of carbonyl (C=O) groups is 1. The van der Waals surface area contributed by atoms with Gasteiger partial charge in [0.25, 0.3) is 5.91 Å². The molecule has 29 heavy (non-hydrogen) atoms. The van der Waals surface area contributed by atoms with E-state index in [-0.39, 0.29) is 12.1 Å². The predicted molar refractivity (Wildman–Crippen MR) is 115 cm³/mol. The summed E-state index contributed by atoms with van der Waals surface area (Å²) in [5, 5.41) is 8.70. The average molecular weight is 380 g/mol. The number of hydrogen-bond acceptors (Lipinski definition) is 3. The van der Waals surface area contributed by atoms with Gasteiger partial charge in [-0.2, -0.15) is 0 Å². The quantitative estimate of drug-likeness (QED) is 0.507. The van der Waals surface area contributed by atoms with Crippen molar-refractivity contribution in [2.75, 3.05) is 5.32 Å². The number of para-hydroxylation sites is 1. The van der Waals surface area contributed by atoms with E-state index >= 15 is 0 Å². The van der Waals surface area contributed by atoms with E-state index in [1.54, 1.807) is 0 Å². The van der Waals surface area contributed by atoms with E-state index in [1.165, 1.54) is 0 Å². The number of ether oxygens (including phenoxy) is 1. The van der Waals surface area contributed by atoms with Gasteiger partial charge >= 0.3 is 0 Å². The Morgan fingerprint density at radius 1 is 0.759 bits per heavy atom. The maximum Gasteiger partial charge on any atom is 0.255 e. The molecule has 0 spiro atoms. The summed E-state index contributed by atoms with van der Waals surface area (Å²) in [6.45, 7) is 0.462. The van der Waals surface area contributed by atoms with Crippen molar-refractivity contribution >= 4 is 22.4 Å². The zero-order valence-electron chi connectivity index (χ0n) is 15.8. The molecule has 4 aromatic rings. The van der Waals surface area contributed by atoms with Crippen molar-refractivity contribution in [1.29, 1.82) is 0 Å². The lowest BCUT2D eigenvalue weighted by Gasteiger charge is -2.30. The van der Waals surface area contributed by atoms with Crippen molar-refractivity contribution in [2.24, 2.45) is 0 Å². The first-order chi connectivity index (χ1) is 14.3. The van der Waals surface area contributed by atoms with Crippen LogP contribution in [0.1, 0.15) is 27.7 Å². The molecule has 2 N–H and O–H groups in total. The summed E-state index contributed by atoms with van der Waals surface area (Å²) in [6, 6.07) is 29.8. The third-order valence-corrected chi connectivity index (χ3v) is 5.20. The summed E-state index contributed by atoms with van der Waals surface area (Å²) in [5.74, 6) is 0.663. The second-order valence-corrected chi connectivity index (χ2v) is 7.07. The monoisotopic (exact) mass is 380 g/mol. The number of anilines is 1. The SMILES string of the molecule is O=C1NC(c2c(OCc3ccccc3)ccc3ccccc23)Nc2ccccc21. The Morgan fingerprint density at radius 2 is 1.52 bits per heavy atom. The third kappa shape index (κ3) is 3.29. The lowest BCUT2D eigenvalue weighted by molar-refractivity contribution is 0.0935. The largest absolute Gasteiger partial charge is 0.488 e. The van der Waals surface area contributed by atoms with Crippen LogP contribution in [0.3, 0.4) is 0 Å². The summed E-state index contributed by atoms with van der Waals surface area (Å²) < 4.78 is 6.22. The number of amides is 1. The number of rotatable bonds is 4. The number of hydrogen-bond donors (Lipinski definition) is 2. The van der Waals surface area contributed by atoms with E-state index in [0.29, 0.717) is 12.2 Å². The summed E-state index contributed by atoms with van der Waals surface area (Å²) in [7, 11) is 0. The molecule has 1 atom stereocenters. The van der Waals surface area contributed by atoms with E-state index in [4.69, 9.17) is 4.74 Å². The standard InChI is InChI=1S/C25H20N2O2/c28-25-20-12-6-7-13-21(20)26-24(27-25)23-19-11-5-4-10-18(19)14-15-22(23)29-16-17-8-2-1-3-9-17/h1-15,24,26H,16H2,(H,27,28). The van der Waals surface area contributed by atoms with Gasteiger partial charge in [0.15, 0.2) is 0 Å². The fourth-order valence-electron chi connectivity index (χ4n) is 3.79. The Balaban J connectivity index is 1.57. The van der Waals surface area contributed by atoms with Crippen molar-refractivity contribution in [3.63, 3.8) is 0 Å². The van der Waals surface area contributed by atoms with Gasteiger partial charge in [-0.05, 0) is 34.5 Å². The average Bonchev–Trinajstić information content (AvgIpc) is 2.78. The topological polar surface area (TPSA) is 50.4 Å². The fraction of sp³-hybridized carbons (Fsp3) is 0.0800. The third-order valence-electron chi connectivity index (χ3n) is 5.20. The molecule has 1 aliphatic heterocycles.